The molecule has 0 spiro atoms. The maximum absolute atomic E-state index is 10.6. The summed E-state index contributed by atoms with van der Waals surface area (Å²) in [5.74, 6) is 0. The first-order valence-corrected chi connectivity index (χ1v) is 11.5. The molecule has 164 valence electrons. The van der Waals surface area contributed by atoms with Gasteiger partial charge in [-0.05, 0) is 54.3 Å². The minimum atomic E-state index is -0.207. The number of rotatable bonds is 3. The zero-order valence-electron chi connectivity index (χ0n) is 17.3. The first kappa shape index (κ1) is 22.7. The highest BCUT2D eigenvalue weighted by Gasteiger charge is 2.33. The van der Waals surface area contributed by atoms with Gasteiger partial charge in [-0.3, -0.25) is 4.90 Å². The Morgan fingerprint density at radius 1 is 0.935 bits per heavy atom. The van der Waals surface area contributed by atoms with E-state index >= 15 is 0 Å². The molecule has 1 saturated carbocycles. The summed E-state index contributed by atoms with van der Waals surface area (Å²) in [4.78, 5) is 2.48. The van der Waals surface area contributed by atoms with Crippen LogP contribution in [-0.4, -0.2) is 33.3 Å². The van der Waals surface area contributed by atoms with Crippen LogP contribution in [0.4, 0.5) is 0 Å². The molecule has 31 heavy (non-hydrogen) atoms. The molecule has 1 N–H and O–H groups in total. The fourth-order valence-electron chi connectivity index (χ4n) is 5.10. The summed E-state index contributed by atoms with van der Waals surface area (Å²) in [6.07, 6.45) is 5.09. The normalized spacial score (nSPS) is 21.4. The van der Waals surface area contributed by atoms with E-state index in [9.17, 15) is 5.11 Å². The highest BCUT2D eigenvalue weighted by atomic mass is 35.5. The molecule has 2 aliphatic rings. The van der Waals surface area contributed by atoms with Gasteiger partial charge in [0.2, 0.25) is 0 Å². The molecule has 1 aliphatic heterocycles. The van der Waals surface area contributed by atoms with Crippen molar-refractivity contribution in [1.29, 1.82) is 0 Å². The third kappa shape index (κ3) is 4.40. The Bertz CT molecular complexity index is 1050. The predicted octanol–water partition coefficient (Wildman–Crippen LogP) is 6.53. The van der Waals surface area contributed by atoms with Crippen molar-refractivity contribution in [1.82, 2.24) is 9.47 Å². The third-order valence-electron chi connectivity index (χ3n) is 6.60. The molecule has 1 fully saturated rings. The van der Waals surface area contributed by atoms with Crippen molar-refractivity contribution in [2.75, 3.05) is 6.54 Å². The molecule has 1 aliphatic carbocycles. The first-order valence-electron chi connectivity index (χ1n) is 10.8. The maximum atomic E-state index is 10.6. The van der Waals surface area contributed by atoms with Crippen LogP contribution in [0.2, 0.25) is 10.0 Å². The third-order valence-corrected chi connectivity index (χ3v) is 7.17. The van der Waals surface area contributed by atoms with Gasteiger partial charge in [0.15, 0.2) is 0 Å². The number of hydrogen-bond donors (Lipinski definition) is 1. The molecular formula is C25H27Cl3N2O. The number of aliphatic hydroxyl groups excluding tert-OH is 1. The smallest absolute Gasteiger partial charge is 0.0695 e. The van der Waals surface area contributed by atoms with Crippen LogP contribution in [0.5, 0.6) is 0 Å². The summed E-state index contributed by atoms with van der Waals surface area (Å²) in [6.45, 7) is 1.83. The van der Waals surface area contributed by atoms with Crippen LogP contribution in [0.3, 0.4) is 0 Å². The molecule has 0 bridgehead atoms. The summed E-state index contributed by atoms with van der Waals surface area (Å²) in [6, 6.07) is 18.6. The number of hydrogen-bond acceptors (Lipinski definition) is 2. The minimum Gasteiger partial charge on any atom is -0.391 e. The van der Waals surface area contributed by atoms with Crippen LogP contribution < -0.4 is 0 Å². The number of benzene rings is 2. The molecule has 3 aromatic rings. The van der Waals surface area contributed by atoms with E-state index in [4.69, 9.17) is 23.2 Å². The van der Waals surface area contributed by atoms with Crippen LogP contribution in [0, 0.1) is 0 Å². The second-order valence-electron chi connectivity index (χ2n) is 8.43. The first-order chi connectivity index (χ1) is 14.6. The molecule has 0 radical (unpaired) electrons. The van der Waals surface area contributed by atoms with Crippen molar-refractivity contribution < 1.29 is 5.11 Å². The Morgan fingerprint density at radius 2 is 1.68 bits per heavy atom. The second kappa shape index (κ2) is 9.56. The molecule has 0 amide bonds. The number of halogens is 3. The van der Waals surface area contributed by atoms with Crippen molar-refractivity contribution in [3.8, 4) is 16.9 Å². The Kier molecular flexibility index (Phi) is 7.00. The predicted molar refractivity (Wildman–Crippen MR) is 131 cm³/mol. The van der Waals surface area contributed by atoms with E-state index in [1.165, 1.54) is 17.7 Å². The SMILES string of the molecule is Cl.O[C@H]1CCCC[C@@H]1N1CCc2c(cc(-c3ccc(Cl)cc3)n2-c2ccccc2Cl)C1. The van der Waals surface area contributed by atoms with E-state index in [1.807, 2.05) is 30.3 Å². The molecule has 6 heteroatoms. The van der Waals surface area contributed by atoms with E-state index in [0.29, 0.717) is 0 Å². The van der Waals surface area contributed by atoms with Gasteiger partial charge in [0.05, 0.1) is 22.5 Å². The van der Waals surface area contributed by atoms with Gasteiger partial charge in [0.25, 0.3) is 0 Å². The van der Waals surface area contributed by atoms with Crippen molar-refractivity contribution in [3.63, 3.8) is 0 Å². The quantitative estimate of drug-likeness (QED) is 0.464. The summed E-state index contributed by atoms with van der Waals surface area (Å²) in [5.41, 5.74) is 5.91. The van der Waals surface area contributed by atoms with Gasteiger partial charge in [0, 0.05) is 36.3 Å². The highest BCUT2D eigenvalue weighted by molar-refractivity contribution is 6.32. The Hall–Kier alpha value is -1.49. The van der Waals surface area contributed by atoms with Crippen LogP contribution in [0.15, 0.2) is 54.6 Å². The lowest BCUT2D eigenvalue weighted by Gasteiger charge is -2.39. The number of fused-ring (bicyclic) bond motifs is 1. The summed E-state index contributed by atoms with van der Waals surface area (Å²) < 4.78 is 2.32. The highest BCUT2D eigenvalue weighted by Crippen LogP contribution is 2.37. The molecule has 2 aromatic carbocycles. The molecule has 3 nitrogen and oxygen atoms in total. The lowest BCUT2D eigenvalue weighted by molar-refractivity contribution is 0.0130. The molecule has 2 heterocycles. The fourth-order valence-corrected chi connectivity index (χ4v) is 5.45. The maximum Gasteiger partial charge on any atom is 0.0695 e. The second-order valence-corrected chi connectivity index (χ2v) is 9.28. The molecule has 2 atom stereocenters. The topological polar surface area (TPSA) is 28.4 Å². The molecule has 1 aromatic heterocycles. The largest absolute Gasteiger partial charge is 0.391 e. The van der Waals surface area contributed by atoms with E-state index in [-0.39, 0.29) is 24.6 Å². The molecule has 5 rings (SSSR count). The van der Waals surface area contributed by atoms with E-state index < -0.39 is 0 Å². The number of aliphatic hydroxyl groups is 1. The zero-order chi connectivity index (χ0) is 20.7. The van der Waals surface area contributed by atoms with Crippen LogP contribution >= 0.6 is 35.6 Å². The number of para-hydroxylation sites is 1. The van der Waals surface area contributed by atoms with Crippen LogP contribution in [0.1, 0.15) is 36.9 Å². The number of nitrogens with zero attached hydrogens (tertiary/aromatic N) is 2. The molecular weight excluding hydrogens is 451 g/mol. The summed E-state index contributed by atoms with van der Waals surface area (Å²) in [7, 11) is 0. The van der Waals surface area contributed by atoms with Gasteiger partial charge in [0.1, 0.15) is 0 Å². The van der Waals surface area contributed by atoms with E-state index in [0.717, 1.165) is 65.8 Å². The van der Waals surface area contributed by atoms with Crippen LogP contribution in [0.25, 0.3) is 16.9 Å². The zero-order valence-corrected chi connectivity index (χ0v) is 19.6. The van der Waals surface area contributed by atoms with Gasteiger partial charge < -0.3 is 9.67 Å². The van der Waals surface area contributed by atoms with Crippen LogP contribution in [-0.2, 0) is 13.0 Å². The van der Waals surface area contributed by atoms with Gasteiger partial charge in [-0.25, -0.2) is 0 Å². The Balaban J connectivity index is 0.00000231. The standard InChI is InChI=1S/C25H26Cl2N2O.ClH/c26-19-11-9-17(10-12-19)24-15-18-16-28(23-7-3-4-8-25(23)30)14-13-21(18)29(24)22-6-2-1-5-20(22)27;/h1-2,5-6,9-12,15,23,25,30H,3-4,7-8,13-14,16H2;1H/t23-,25-;/m0./s1. The van der Waals surface area contributed by atoms with E-state index in [2.05, 4.69) is 33.7 Å². The van der Waals surface area contributed by atoms with Gasteiger partial charge >= 0.3 is 0 Å². The van der Waals surface area contributed by atoms with Crippen molar-refractivity contribution in [2.24, 2.45) is 0 Å². The summed E-state index contributed by atoms with van der Waals surface area (Å²) >= 11 is 12.8. The van der Waals surface area contributed by atoms with Crippen molar-refractivity contribution in [2.45, 2.75) is 50.8 Å². The van der Waals surface area contributed by atoms with Crippen molar-refractivity contribution in [3.05, 3.63) is 75.9 Å². The molecule has 0 unspecified atom stereocenters. The summed E-state index contributed by atoms with van der Waals surface area (Å²) in [5, 5.41) is 12.1. The lowest BCUT2D eigenvalue weighted by atomic mass is 9.90. The van der Waals surface area contributed by atoms with Gasteiger partial charge in [-0.15, -0.1) is 12.4 Å². The van der Waals surface area contributed by atoms with Gasteiger partial charge in [-0.1, -0.05) is 60.3 Å². The molecule has 0 saturated heterocycles. The van der Waals surface area contributed by atoms with E-state index in [1.54, 1.807) is 0 Å². The van der Waals surface area contributed by atoms with Gasteiger partial charge in [-0.2, -0.15) is 0 Å². The average Bonchev–Trinajstić information content (AvgIpc) is 3.13. The number of aromatic nitrogens is 1. The van der Waals surface area contributed by atoms with Crippen molar-refractivity contribution >= 4 is 35.6 Å². The Labute approximate surface area is 200 Å². The average molecular weight is 478 g/mol. The minimum absolute atomic E-state index is 0. The lowest BCUT2D eigenvalue weighted by Crippen LogP contribution is -2.47. The fraction of sp³-hybridized carbons (Fsp3) is 0.360. The Morgan fingerprint density at radius 3 is 2.42 bits per heavy atom. The monoisotopic (exact) mass is 476 g/mol.